The first-order valence-electron chi connectivity index (χ1n) is 10.2. The number of ether oxygens (including phenoxy) is 1. The van der Waals surface area contributed by atoms with Gasteiger partial charge in [0.2, 0.25) is 5.95 Å². The van der Waals surface area contributed by atoms with Crippen LogP contribution in [-0.2, 0) is 30.7 Å². The average molecular weight is 409 g/mol. The first-order valence-corrected chi connectivity index (χ1v) is 10.2. The molecule has 156 valence electrons. The van der Waals surface area contributed by atoms with E-state index in [0.29, 0.717) is 38.1 Å². The number of rotatable bonds is 6. The molecule has 0 spiro atoms. The summed E-state index contributed by atoms with van der Waals surface area (Å²) in [7, 11) is 0. The van der Waals surface area contributed by atoms with Gasteiger partial charge in [-0.3, -0.25) is 10.3 Å². The van der Waals surface area contributed by atoms with Gasteiger partial charge >= 0.3 is 6.09 Å². The molecule has 2 aliphatic heterocycles. The van der Waals surface area contributed by atoms with Crippen LogP contribution in [0, 0.1) is 0 Å². The van der Waals surface area contributed by atoms with Gasteiger partial charge in [0.05, 0.1) is 25.4 Å². The van der Waals surface area contributed by atoms with Crippen LogP contribution in [0.2, 0.25) is 0 Å². The molecule has 3 heterocycles. The Morgan fingerprint density at radius 1 is 1.23 bits per heavy atom. The molecule has 1 aliphatic carbocycles. The largest absolute Gasteiger partial charge is 0.449 e. The zero-order valence-electron chi connectivity index (χ0n) is 16.6. The molecule has 10 heteroatoms. The number of benzene rings is 1. The number of fused-ring (bicyclic) bond motifs is 2. The molecule has 0 saturated heterocycles. The van der Waals surface area contributed by atoms with Crippen LogP contribution in [0.5, 0.6) is 0 Å². The normalized spacial score (nSPS) is 17.3. The molecule has 2 aromatic rings. The Morgan fingerprint density at radius 2 is 2.07 bits per heavy atom. The Kier molecular flexibility index (Phi) is 5.16. The van der Waals surface area contributed by atoms with E-state index in [1.807, 2.05) is 6.20 Å². The second-order valence-electron chi connectivity index (χ2n) is 7.73. The predicted molar refractivity (Wildman–Crippen MR) is 109 cm³/mol. The van der Waals surface area contributed by atoms with Crippen molar-refractivity contribution in [2.24, 2.45) is 5.10 Å². The topological polar surface area (TPSA) is 120 Å². The molecular weight excluding hydrogens is 384 g/mol. The molecule has 0 saturated carbocycles. The van der Waals surface area contributed by atoms with Crippen LogP contribution in [0.1, 0.15) is 35.2 Å². The zero-order chi connectivity index (χ0) is 20.3. The molecule has 0 atom stereocenters. The fourth-order valence-corrected chi connectivity index (χ4v) is 4.07. The third-order valence-electron chi connectivity index (χ3n) is 5.58. The van der Waals surface area contributed by atoms with E-state index in [-0.39, 0.29) is 6.09 Å². The SMILES string of the molecule is O=C(OCCCC1=N[NH2+]NN1)N1Cc2cnc(NC3Cc4ccccc4C3)nc2C1. The number of carbonyl (C=O) groups excluding carboxylic acids is 1. The van der Waals surface area contributed by atoms with Gasteiger partial charge in [0.15, 0.2) is 5.84 Å². The third kappa shape index (κ3) is 4.05. The molecule has 0 fully saturated rings. The summed E-state index contributed by atoms with van der Waals surface area (Å²) in [5, 5.41) is 7.56. The molecule has 1 amide bonds. The lowest BCUT2D eigenvalue weighted by Gasteiger charge is -2.14. The van der Waals surface area contributed by atoms with Crippen molar-refractivity contribution >= 4 is 17.9 Å². The van der Waals surface area contributed by atoms with E-state index in [9.17, 15) is 4.79 Å². The van der Waals surface area contributed by atoms with Gasteiger partial charge in [-0.05, 0) is 35.5 Å². The van der Waals surface area contributed by atoms with Gasteiger partial charge in [-0.15, -0.1) is 5.53 Å². The Morgan fingerprint density at radius 3 is 2.83 bits per heavy atom. The van der Waals surface area contributed by atoms with Gasteiger partial charge in [0.25, 0.3) is 0 Å². The number of hydrogen-bond donors (Lipinski definition) is 4. The van der Waals surface area contributed by atoms with Crippen LogP contribution >= 0.6 is 0 Å². The maximum absolute atomic E-state index is 12.4. The van der Waals surface area contributed by atoms with Crippen molar-refractivity contribution in [2.75, 3.05) is 11.9 Å². The summed E-state index contributed by atoms with van der Waals surface area (Å²) in [5.41, 5.74) is 11.9. The van der Waals surface area contributed by atoms with Gasteiger partial charge in [-0.1, -0.05) is 29.8 Å². The average Bonchev–Trinajstić information content (AvgIpc) is 3.49. The number of carbonyl (C=O) groups is 1. The zero-order valence-corrected chi connectivity index (χ0v) is 16.6. The smallest absolute Gasteiger partial charge is 0.410 e. The molecule has 5 N–H and O–H groups in total. The molecule has 0 radical (unpaired) electrons. The minimum Gasteiger partial charge on any atom is -0.449 e. The minimum absolute atomic E-state index is 0.301. The number of nitrogens with two attached hydrogens (primary N) is 1. The number of quaternary nitrogens is 1. The second kappa shape index (κ2) is 8.25. The standard InChI is InChI=1S/C20H24N8O2/c29-20(30-7-3-6-18-24-26-27-25-18)28-11-15-10-21-19(23-17(15)12-28)22-16-8-13-4-1-2-5-14(13)9-16/h1-2,4-5,10,16,26-27H,3,6-9,11-12H2,(H,24,25)(H,21,22,23)/p+1. The van der Waals surface area contributed by atoms with Gasteiger partial charge in [0.1, 0.15) is 0 Å². The van der Waals surface area contributed by atoms with Crippen LogP contribution in [0.4, 0.5) is 10.7 Å². The number of hydrazine groups is 1. The van der Waals surface area contributed by atoms with Crippen LogP contribution in [0.3, 0.4) is 0 Å². The Hall–Kier alpha value is -3.24. The van der Waals surface area contributed by atoms with Gasteiger partial charge in [0, 0.05) is 24.2 Å². The first kappa shape index (κ1) is 18.8. The number of hydrogen-bond acceptors (Lipinski definition) is 8. The Labute approximate surface area is 174 Å². The third-order valence-corrected chi connectivity index (χ3v) is 5.58. The number of nitrogens with one attached hydrogen (secondary N) is 3. The molecule has 30 heavy (non-hydrogen) atoms. The lowest BCUT2D eigenvalue weighted by Crippen LogP contribution is -2.87. The lowest BCUT2D eigenvalue weighted by molar-refractivity contribution is -0.713. The van der Waals surface area contributed by atoms with Crippen molar-refractivity contribution in [3.05, 3.63) is 52.8 Å². The molecule has 10 nitrogen and oxygen atoms in total. The van der Waals surface area contributed by atoms with Crippen LogP contribution in [-0.4, -0.2) is 39.4 Å². The second-order valence-corrected chi connectivity index (χ2v) is 7.73. The van der Waals surface area contributed by atoms with E-state index in [0.717, 1.165) is 36.4 Å². The highest BCUT2D eigenvalue weighted by molar-refractivity contribution is 5.81. The summed E-state index contributed by atoms with van der Waals surface area (Å²) < 4.78 is 5.40. The van der Waals surface area contributed by atoms with Crippen LogP contribution in [0.15, 0.2) is 35.6 Å². The Bertz CT molecular complexity index is 954. The van der Waals surface area contributed by atoms with E-state index in [2.05, 4.69) is 55.6 Å². The molecule has 0 bridgehead atoms. The first-order chi connectivity index (χ1) is 14.7. The monoisotopic (exact) mass is 409 g/mol. The summed E-state index contributed by atoms with van der Waals surface area (Å²) in [6.07, 6.45) is 4.89. The molecule has 5 rings (SSSR count). The van der Waals surface area contributed by atoms with Crippen LogP contribution in [0.25, 0.3) is 0 Å². The summed E-state index contributed by atoms with van der Waals surface area (Å²) in [4.78, 5) is 23.2. The highest BCUT2D eigenvalue weighted by Crippen LogP contribution is 2.25. The summed E-state index contributed by atoms with van der Waals surface area (Å²) in [5.74, 6) is 1.47. The molecule has 1 aromatic carbocycles. The maximum atomic E-state index is 12.4. The van der Waals surface area contributed by atoms with E-state index in [4.69, 9.17) is 4.74 Å². The van der Waals surface area contributed by atoms with Crippen molar-refractivity contribution in [1.29, 1.82) is 0 Å². The van der Waals surface area contributed by atoms with Crippen molar-refractivity contribution in [2.45, 2.75) is 44.8 Å². The highest BCUT2D eigenvalue weighted by atomic mass is 16.6. The number of amides is 1. The van der Waals surface area contributed by atoms with Crippen molar-refractivity contribution in [1.82, 2.24) is 25.8 Å². The summed E-state index contributed by atoms with van der Waals surface area (Å²) >= 11 is 0. The van der Waals surface area contributed by atoms with Crippen LogP contribution < -0.4 is 21.8 Å². The van der Waals surface area contributed by atoms with E-state index >= 15 is 0 Å². The minimum atomic E-state index is -0.320. The van der Waals surface area contributed by atoms with Gasteiger partial charge in [-0.2, -0.15) is 0 Å². The quantitative estimate of drug-likeness (QED) is 0.397. The van der Waals surface area contributed by atoms with E-state index in [1.165, 1.54) is 11.1 Å². The predicted octanol–water partition coefficient (Wildman–Crippen LogP) is 0.188. The van der Waals surface area contributed by atoms with Crippen molar-refractivity contribution in [3.8, 4) is 0 Å². The van der Waals surface area contributed by atoms with E-state index in [1.54, 1.807) is 10.4 Å². The molecule has 3 aliphatic rings. The van der Waals surface area contributed by atoms with Gasteiger partial charge in [-0.25, -0.2) is 14.8 Å². The molecular formula is C20H25N8O2+. The van der Waals surface area contributed by atoms with E-state index < -0.39 is 0 Å². The van der Waals surface area contributed by atoms with Crippen molar-refractivity contribution < 1.29 is 15.1 Å². The summed E-state index contributed by atoms with van der Waals surface area (Å²) in [6, 6.07) is 8.82. The number of amidine groups is 1. The number of aromatic nitrogens is 2. The Balaban J connectivity index is 1.11. The number of nitrogens with zero attached hydrogens (tertiary/aromatic N) is 4. The lowest BCUT2D eigenvalue weighted by atomic mass is 10.1. The fourth-order valence-electron chi connectivity index (χ4n) is 4.07. The van der Waals surface area contributed by atoms with Crippen molar-refractivity contribution in [3.63, 3.8) is 0 Å². The molecule has 0 unspecified atom stereocenters. The highest BCUT2D eigenvalue weighted by Gasteiger charge is 2.27. The maximum Gasteiger partial charge on any atom is 0.410 e. The number of anilines is 1. The fraction of sp³-hybridized carbons (Fsp3) is 0.400. The summed E-state index contributed by atoms with van der Waals surface area (Å²) in [6.45, 7) is 1.28. The molecule has 1 aromatic heterocycles. The van der Waals surface area contributed by atoms with Gasteiger partial charge < -0.3 is 10.1 Å².